The molecule has 3 aromatic carbocycles. The van der Waals surface area contributed by atoms with Gasteiger partial charge in [0.15, 0.2) is 6.10 Å². The largest absolute Gasteiger partial charge is 0.493 e. The third-order valence-electron chi connectivity index (χ3n) is 5.27. The molecule has 0 aliphatic heterocycles. The lowest BCUT2D eigenvalue weighted by Gasteiger charge is -2.17. The average molecular weight is 456 g/mol. The minimum Gasteiger partial charge on any atom is -0.493 e. The smallest absolute Gasteiger partial charge is 0.326 e. The molecular weight excluding hydrogens is 432 g/mol. The van der Waals surface area contributed by atoms with E-state index in [1.54, 1.807) is 54.7 Å². The van der Waals surface area contributed by atoms with Gasteiger partial charge in [0.2, 0.25) is 5.78 Å². The van der Waals surface area contributed by atoms with Crippen LogP contribution in [0.3, 0.4) is 0 Å². The Kier molecular flexibility index (Phi) is 7.03. The fourth-order valence-corrected chi connectivity index (χ4v) is 3.67. The fraction of sp³-hybridized carbons (Fsp3) is 0.148. The molecule has 172 valence electrons. The van der Waals surface area contributed by atoms with Crippen LogP contribution in [0, 0.1) is 0 Å². The van der Waals surface area contributed by atoms with E-state index in [-0.39, 0.29) is 5.78 Å². The van der Waals surface area contributed by atoms with Crippen LogP contribution in [0.5, 0.6) is 5.75 Å². The van der Waals surface area contributed by atoms with Crippen molar-refractivity contribution in [2.75, 3.05) is 13.2 Å². The maximum Gasteiger partial charge on any atom is 0.326 e. The number of carbonyl (C=O) groups is 3. The highest BCUT2D eigenvalue weighted by molar-refractivity contribution is 6.10. The molecule has 0 unspecified atom stereocenters. The summed E-state index contributed by atoms with van der Waals surface area (Å²) in [5, 5.41) is 3.29. The van der Waals surface area contributed by atoms with E-state index < -0.39 is 24.5 Å². The third-order valence-corrected chi connectivity index (χ3v) is 5.27. The molecular formula is C27H24N2O5. The van der Waals surface area contributed by atoms with Crippen LogP contribution in [-0.4, -0.2) is 35.8 Å². The molecule has 1 atom stereocenters. The van der Waals surface area contributed by atoms with E-state index in [1.807, 2.05) is 37.3 Å². The number of hydrogen-bond donors (Lipinski definition) is 2. The molecule has 7 nitrogen and oxygen atoms in total. The summed E-state index contributed by atoms with van der Waals surface area (Å²) in [6, 6.07) is 23.0. The number of carbonyl (C=O) groups excluding carboxylic acids is 3. The summed E-state index contributed by atoms with van der Waals surface area (Å²) < 4.78 is 11.1. The van der Waals surface area contributed by atoms with Gasteiger partial charge >= 0.3 is 5.97 Å². The van der Waals surface area contributed by atoms with Crippen molar-refractivity contribution >= 4 is 28.6 Å². The standard InChI is InChI=1S/C27H24N2O5/c1-2-33-23-15-9-7-13-20(23)27(32)29-17-24(30)34-26(18-10-4-3-5-11-18)25(31)21-16-28-22-14-8-6-12-19(21)22/h3-16,26,28H,2,17H2,1H3,(H,29,32)/t26-/m1/s1. The van der Waals surface area contributed by atoms with Crippen molar-refractivity contribution < 1.29 is 23.9 Å². The van der Waals surface area contributed by atoms with E-state index in [1.165, 1.54) is 0 Å². The van der Waals surface area contributed by atoms with E-state index in [9.17, 15) is 14.4 Å². The maximum atomic E-state index is 13.4. The lowest BCUT2D eigenvalue weighted by Crippen LogP contribution is -2.32. The van der Waals surface area contributed by atoms with Crippen molar-refractivity contribution in [3.63, 3.8) is 0 Å². The number of nitrogens with one attached hydrogen (secondary N) is 2. The molecule has 34 heavy (non-hydrogen) atoms. The van der Waals surface area contributed by atoms with E-state index in [4.69, 9.17) is 9.47 Å². The molecule has 0 aliphatic carbocycles. The van der Waals surface area contributed by atoms with Gasteiger partial charge in [-0.05, 0) is 25.1 Å². The lowest BCUT2D eigenvalue weighted by molar-refractivity contribution is -0.146. The van der Waals surface area contributed by atoms with Crippen molar-refractivity contribution in [1.29, 1.82) is 0 Å². The molecule has 7 heteroatoms. The summed E-state index contributed by atoms with van der Waals surface area (Å²) in [5.74, 6) is -1.14. The second-order valence-corrected chi connectivity index (χ2v) is 7.50. The van der Waals surface area contributed by atoms with Crippen LogP contribution in [0.15, 0.2) is 85.1 Å². The molecule has 0 aliphatic rings. The number of esters is 1. The normalized spacial score (nSPS) is 11.6. The molecule has 4 rings (SSSR count). The molecule has 0 radical (unpaired) electrons. The summed E-state index contributed by atoms with van der Waals surface area (Å²) in [7, 11) is 0. The monoisotopic (exact) mass is 456 g/mol. The van der Waals surface area contributed by atoms with Crippen molar-refractivity contribution in [3.8, 4) is 5.75 Å². The van der Waals surface area contributed by atoms with Crippen LogP contribution in [0.2, 0.25) is 0 Å². The molecule has 1 aromatic heterocycles. The first kappa shape index (κ1) is 22.8. The number of aromatic amines is 1. The predicted molar refractivity (Wildman–Crippen MR) is 128 cm³/mol. The molecule has 0 saturated carbocycles. The van der Waals surface area contributed by atoms with Crippen molar-refractivity contribution in [2.45, 2.75) is 13.0 Å². The van der Waals surface area contributed by atoms with E-state index in [0.717, 1.165) is 10.9 Å². The van der Waals surface area contributed by atoms with Gasteiger partial charge in [-0.25, -0.2) is 0 Å². The van der Waals surface area contributed by atoms with E-state index >= 15 is 0 Å². The summed E-state index contributed by atoms with van der Waals surface area (Å²) in [6.07, 6.45) is 0.462. The van der Waals surface area contributed by atoms with Crippen LogP contribution in [0.1, 0.15) is 39.3 Å². The second kappa shape index (κ2) is 10.5. The van der Waals surface area contributed by atoms with Gasteiger partial charge in [0.1, 0.15) is 12.3 Å². The first-order valence-electron chi connectivity index (χ1n) is 10.9. The molecule has 4 aromatic rings. The average Bonchev–Trinajstić information content (AvgIpc) is 3.31. The highest BCUT2D eigenvalue weighted by Gasteiger charge is 2.28. The minimum absolute atomic E-state index is 0.312. The first-order valence-corrected chi connectivity index (χ1v) is 10.9. The van der Waals surface area contributed by atoms with E-state index in [0.29, 0.717) is 29.0 Å². The second-order valence-electron chi connectivity index (χ2n) is 7.50. The van der Waals surface area contributed by atoms with Crippen molar-refractivity contribution in [1.82, 2.24) is 10.3 Å². The topological polar surface area (TPSA) is 97.5 Å². The van der Waals surface area contributed by atoms with Crippen molar-refractivity contribution in [3.05, 3.63) is 102 Å². The van der Waals surface area contributed by atoms with Crippen LogP contribution in [-0.2, 0) is 9.53 Å². The first-order chi connectivity index (χ1) is 16.6. The lowest BCUT2D eigenvalue weighted by atomic mass is 9.99. The van der Waals surface area contributed by atoms with Gasteiger partial charge in [0.25, 0.3) is 5.91 Å². The fourth-order valence-electron chi connectivity index (χ4n) is 3.67. The number of rotatable bonds is 9. The molecule has 1 heterocycles. The van der Waals surface area contributed by atoms with Crippen molar-refractivity contribution in [2.24, 2.45) is 0 Å². The summed E-state index contributed by atoms with van der Waals surface area (Å²) in [6.45, 7) is 1.82. The molecule has 1 amide bonds. The number of amides is 1. The quantitative estimate of drug-likeness (QED) is 0.286. The van der Waals surface area contributed by atoms with Crippen LogP contribution >= 0.6 is 0 Å². The summed E-state index contributed by atoms with van der Waals surface area (Å²) >= 11 is 0. The number of ether oxygens (including phenoxy) is 2. The Morgan fingerprint density at radius 3 is 2.38 bits per heavy atom. The van der Waals surface area contributed by atoms with Gasteiger partial charge in [-0.3, -0.25) is 14.4 Å². The van der Waals surface area contributed by atoms with Gasteiger partial charge in [-0.1, -0.05) is 60.7 Å². The van der Waals surface area contributed by atoms with E-state index in [2.05, 4.69) is 10.3 Å². The number of ketones is 1. The number of aromatic nitrogens is 1. The number of hydrogen-bond acceptors (Lipinski definition) is 5. The summed E-state index contributed by atoms with van der Waals surface area (Å²) in [5.41, 5.74) is 2.09. The number of H-pyrrole nitrogens is 1. The third kappa shape index (κ3) is 4.99. The van der Waals surface area contributed by atoms with Gasteiger partial charge < -0.3 is 19.8 Å². The molecule has 2 N–H and O–H groups in total. The van der Waals surface area contributed by atoms with Crippen LogP contribution in [0.4, 0.5) is 0 Å². The maximum absolute atomic E-state index is 13.4. The number of benzene rings is 3. The Hall–Kier alpha value is -4.39. The minimum atomic E-state index is -1.15. The molecule has 0 bridgehead atoms. The zero-order chi connectivity index (χ0) is 23.9. The molecule has 0 fully saturated rings. The Labute approximate surface area is 196 Å². The SMILES string of the molecule is CCOc1ccccc1C(=O)NCC(=O)O[C@@H](C(=O)c1c[nH]c2ccccc12)c1ccccc1. The summed E-state index contributed by atoms with van der Waals surface area (Å²) in [4.78, 5) is 41.8. The Bertz CT molecular complexity index is 1310. The van der Waals surface area contributed by atoms with Gasteiger partial charge in [-0.15, -0.1) is 0 Å². The zero-order valence-electron chi connectivity index (χ0n) is 18.6. The van der Waals surface area contributed by atoms with Gasteiger partial charge in [0, 0.05) is 28.2 Å². The highest BCUT2D eigenvalue weighted by Crippen LogP contribution is 2.27. The van der Waals surface area contributed by atoms with Crippen LogP contribution in [0.25, 0.3) is 10.9 Å². The zero-order valence-corrected chi connectivity index (χ0v) is 18.6. The molecule has 0 saturated heterocycles. The predicted octanol–water partition coefficient (Wildman–Crippen LogP) is 4.46. The van der Waals surface area contributed by atoms with Crippen LogP contribution < -0.4 is 10.1 Å². The number of para-hydroxylation sites is 2. The Balaban J connectivity index is 1.50. The van der Waals surface area contributed by atoms with Gasteiger partial charge in [-0.2, -0.15) is 0 Å². The Morgan fingerprint density at radius 2 is 1.59 bits per heavy atom. The number of Topliss-reactive ketones (excluding diaryl/α,β-unsaturated/α-hetero) is 1. The Morgan fingerprint density at radius 1 is 0.882 bits per heavy atom. The molecule has 0 spiro atoms. The van der Waals surface area contributed by atoms with Gasteiger partial charge in [0.05, 0.1) is 12.2 Å². The number of fused-ring (bicyclic) bond motifs is 1. The highest BCUT2D eigenvalue weighted by atomic mass is 16.5.